The van der Waals surface area contributed by atoms with Gasteiger partial charge in [0.2, 0.25) is 5.95 Å². The van der Waals surface area contributed by atoms with Crippen molar-refractivity contribution in [3.63, 3.8) is 0 Å². The highest BCUT2D eigenvalue weighted by molar-refractivity contribution is 6.31. The van der Waals surface area contributed by atoms with E-state index in [2.05, 4.69) is 20.5 Å². The van der Waals surface area contributed by atoms with Crippen LogP contribution in [-0.4, -0.2) is 37.6 Å². The molecule has 0 aliphatic carbocycles. The highest BCUT2D eigenvalue weighted by atomic mass is 35.5. The van der Waals surface area contributed by atoms with E-state index in [4.69, 9.17) is 16.3 Å². The summed E-state index contributed by atoms with van der Waals surface area (Å²) in [5, 5.41) is 11.6. The van der Waals surface area contributed by atoms with Gasteiger partial charge in [-0.3, -0.25) is 10.1 Å². The molecule has 1 aromatic carbocycles. The molecule has 3 aromatic rings. The molecule has 3 rings (SSSR count). The average Bonchev–Trinajstić information content (AvgIpc) is 3.20. The summed E-state index contributed by atoms with van der Waals surface area (Å²) < 4.78 is 8.05. The van der Waals surface area contributed by atoms with Crippen molar-refractivity contribution in [3.05, 3.63) is 59.1 Å². The number of carbonyl (C=O) groups excluding carboxylic acids is 1. The molecule has 2 aromatic heterocycles. The lowest BCUT2D eigenvalue weighted by Crippen LogP contribution is -2.15. The third kappa shape index (κ3) is 3.79. The number of aromatic nitrogens is 5. The Kier molecular flexibility index (Phi) is 4.88. The third-order valence-electron chi connectivity index (χ3n) is 3.19. The summed E-state index contributed by atoms with van der Waals surface area (Å²) in [5.41, 5.74) is 1.18. The Hall–Kier alpha value is -2.71. The van der Waals surface area contributed by atoms with Gasteiger partial charge in [-0.1, -0.05) is 29.8 Å². The minimum atomic E-state index is -0.389. The molecule has 0 radical (unpaired) electrons. The maximum Gasteiger partial charge on any atom is 0.278 e. The highest BCUT2D eigenvalue weighted by Gasteiger charge is 2.12. The summed E-state index contributed by atoms with van der Waals surface area (Å²) in [6, 6.07) is 9.07. The number of ether oxygens (including phenoxy) is 1. The largest absolute Gasteiger partial charge is 0.362 e. The van der Waals surface area contributed by atoms with Crippen LogP contribution in [0.2, 0.25) is 5.02 Å². The maximum absolute atomic E-state index is 12.1. The number of rotatable bonds is 6. The fourth-order valence-electron chi connectivity index (χ4n) is 2.08. The molecule has 0 bridgehead atoms. The van der Waals surface area contributed by atoms with Gasteiger partial charge in [0.25, 0.3) is 5.91 Å². The predicted molar refractivity (Wildman–Crippen MR) is 87.8 cm³/mol. The molecule has 0 unspecified atom stereocenters. The molecule has 9 heteroatoms. The molecular weight excluding hydrogens is 332 g/mol. The van der Waals surface area contributed by atoms with Gasteiger partial charge in [-0.05, 0) is 17.7 Å². The topological polar surface area (TPSA) is 86.9 Å². The Morgan fingerprint density at radius 1 is 1.25 bits per heavy atom. The molecular formula is C15H15ClN6O2. The molecule has 8 nitrogen and oxygen atoms in total. The Labute approximate surface area is 143 Å². The van der Waals surface area contributed by atoms with E-state index in [0.717, 1.165) is 5.56 Å². The van der Waals surface area contributed by atoms with Crippen LogP contribution in [0.15, 0.2) is 42.9 Å². The van der Waals surface area contributed by atoms with Gasteiger partial charge in [0, 0.05) is 18.3 Å². The van der Waals surface area contributed by atoms with Gasteiger partial charge in [0.05, 0.1) is 6.54 Å². The molecule has 0 aliphatic rings. The van der Waals surface area contributed by atoms with Crippen molar-refractivity contribution in [1.29, 1.82) is 0 Å². The standard InChI is InChI=1S/C15H15ClN6O2/c1-24-10-21-7-6-13(19-21)14(23)18-15-17-9-22(20-15)8-11-4-2-3-5-12(11)16/h2-7,9H,8,10H2,1H3,(H,18,20,23). The smallest absolute Gasteiger partial charge is 0.278 e. The second-order valence-electron chi connectivity index (χ2n) is 4.97. The molecule has 24 heavy (non-hydrogen) atoms. The van der Waals surface area contributed by atoms with Gasteiger partial charge < -0.3 is 4.74 Å². The van der Waals surface area contributed by atoms with Crippen LogP contribution in [0.1, 0.15) is 16.1 Å². The van der Waals surface area contributed by atoms with Gasteiger partial charge in [-0.15, -0.1) is 5.10 Å². The van der Waals surface area contributed by atoms with Crippen molar-refractivity contribution in [3.8, 4) is 0 Å². The van der Waals surface area contributed by atoms with E-state index in [1.54, 1.807) is 24.1 Å². The van der Waals surface area contributed by atoms with E-state index in [1.165, 1.54) is 11.0 Å². The first kappa shape index (κ1) is 16.2. The number of hydrogen-bond donors (Lipinski definition) is 1. The number of benzene rings is 1. The zero-order valence-corrected chi connectivity index (χ0v) is 13.6. The Balaban J connectivity index is 1.65. The molecule has 1 N–H and O–H groups in total. The van der Waals surface area contributed by atoms with E-state index >= 15 is 0 Å². The van der Waals surface area contributed by atoms with Crippen molar-refractivity contribution >= 4 is 23.5 Å². The number of methoxy groups -OCH3 is 1. The first-order valence-electron chi connectivity index (χ1n) is 7.12. The summed E-state index contributed by atoms with van der Waals surface area (Å²) in [6.07, 6.45) is 3.18. The fraction of sp³-hybridized carbons (Fsp3) is 0.200. The van der Waals surface area contributed by atoms with Crippen LogP contribution in [0.4, 0.5) is 5.95 Å². The predicted octanol–water partition coefficient (Wildman–Crippen LogP) is 2.03. The fourth-order valence-corrected chi connectivity index (χ4v) is 2.28. The minimum absolute atomic E-state index is 0.202. The Morgan fingerprint density at radius 3 is 2.88 bits per heavy atom. The van der Waals surface area contributed by atoms with Crippen LogP contribution < -0.4 is 5.32 Å². The molecule has 2 heterocycles. The number of amides is 1. The number of nitrogens with one attached hydrogen (secondary N) is 1. The molecule has 0 spiro atoms. The van der Waals surface area contributed by atoms with E-state index < -0.39 is 0 Å². The van der Waals surface area contributed by atoms with Crippen molar-refractivity contribution in [2.75, 3.05) is 12.4 Å². The van der Waals surface area contributed by atoms with E-state index in [1.807, 2.05) is 24.3 Å². The third-order valence-corrected chi connectivity index (χ3v) is 3.56. The van der Waals surface area contributed by atoms with Gasteiger partial charge in [-0.2, -0.15) is 5.10 Å². The summed E-state index contributed by atoms with van der Waals surface area (Å²) in [4.78, 5) is 16.2. The van der Waals surface area contributed by atoms with Crippen molar-refractivity contribution in [1.82, 2.24) is 24.5 Å². The van der Waals surface area contributed by atoms with Crippen LogP contribution in [-0.2, 0) is 18.0 Å². The van der Waals surface area contributed by atoms with Gasteiger partial charge in [0.15, 0.2) is 5.69 Å². The van der Waals surface area contributed by atoms with E-state index in [-0.39, 0.29) is 24.3 Å². The molecule has 0 aliphatic heterocycles. The molecule has 1 amide bonds. The van der Waals surface area contributed by atoms with Crippen LogP contribution in [0.3, 0.4) is 0 Å². The monoisotopic (exact) mass is 346 g/mol. The molecule has 0 atom stereocenters. The summed E-state index contributed by atoms with van der Waals surface area (Å²) in [5.74, 6) is -0.186. The van der Waals surface area contributed by atoms with Crippen molar-refractivity contribution in [2.45, 2.75) is 13.3 Å². The molecule has 124 valence electrons. The molecule has 0 saturated carbocycles. The SMILES string of the molecule is COCn1ccc(C(=O)Nc2ncn(Cc3ccccc3Cl)n2)n1. The van der Waals surface area contributed by atoms with Crippen molar-refractivity contribution in [2.24, 2.45) is 0 Å². The summed E-state index contributed by atoms with van der Waals surface area (Å²) in [7, 11) is 1.55. The van der Waals surface area contributed by atoms with E-state index in [0.29, 0.717) is 11.6 Å². The number of nitrogens with zero attached hydrogens (tertiary/aromatic N) is 5. The van der Waals surface area contributed by atoms with Crippen molar-refractivity contribution < 1.29 is 9.53 Å². The van der Waals surface area contributed by atoms with Crippen LogP contribution in [0.5, 0.6) is 0 Å². The Morgan fingerprint density at radius 2 is 2.08 bits per heavy atom. The second kappa shape index (κ2) is 7.24. The lowest BCUT2D eigenvalue weighted by atomic mass is 10.2. The first-order chi connectivity index (χ1) is 11.7. The zero-order valence-electron chi connectivity index (χ0n) is 12.9. The van der Waals surface area contributed by atoms with E-state index in [9.17, 15) is 4.79 Å². The maximum atomic E-state index is 12.1. The second-order valence-corrected chi connectivity index (χ2v) is 5.38. The number of hydrogen-bond acceptors (Lipinski definition) is 5. The highest BCUT2D eigenvalue weighted by Crippen LogP contribution is 2.16. The number of carbonyl (C=O) groups is 1. The average molecular weight is 347 g/mol. The summed E-state index contributed by atoms with van der Waals surface area (Å²) in [6.45, 7) is 0.739. The quantitative estimate of drug-likeness (QED) is 0.738. The summed E-state index contributed by atoms with van der Waals surface area (Å²) >= 11 is 6.12. The normalized spacial score (nSPS) is 10.8. The van der Waals surface area contributed by atoms with Gasteiger partial charge in [0.1, 0.15) is 13.1 Å². The van der Waals surface area contributed by atoms with Crippen LogP contribution in [0, 0.1) is 0 Å². The number of anilines is 1. The van der Waals surface area contributed by atoms with Crippen LogP contribution in [0.25, 0.3) is 0 Å². The first-order valence-corrected chi connectivity index (χ1v) is 7.50. The zero-order chi connectivity index (χ0) is 16.9. The van der Waals surface area contributed by atoms with Gasteiger partial charge in [-0.25, -0.2) is 14.3 Å². The molecule has 0 saturated heterocycles. The van der Waals surface area contributed by atoms with Crippen LogP contribution >= 0.6 is 11.6 Å². The van der Waals surface area contributed by atoms with Gasteiger partial charge >= 0.3 is 0 Å². The minimum Gasteiger partial charge on any atom is -0.362 e. The number of halogens is 1. The Bertz CT molecular complexity index is 844. The lowest BCUT2D eigenvalue weighted by molar-refractivity contribution is 0.101. The lowest BCUT2D eigenvalue weighted by Gasteiger charge is -2.03. The molecule has 0 fully saturated rings.